The number of rotatable bonds is 11. The second kappa shape index (κ2) is 9.09. The van der Waals surface area contributed by atoms with Gasteiger partial charge in [0.25, 0.3) is 0 Å². The molecule has 0 amide bonds. The first-order valence-corrected chi connectivity index (χ1v) is 10.8. The van der Waals surface area contributed by atoms with Crippen LogP contribution in [-0.4, -0.2) is 27.4 Å². The molecule has 0 saturated carbocycles. The summed E-state index contributed by atoms with van der Waals surface area (Å²) in [5.41, 5.74) is 1.39. The van der Waals surface area contributed by atoms with Crippen molar-refractivity contribution < 1.29 is 4.18 Å². The van der Waals surface area contributed by atoms with E-state index in [0.717, 1.165) is 24.4 Å². The Bertz CT molecular complexity index is 547. The van der Waals surface area contributed by atoms with Crippen molar-refractivity contribution in [3.05, 3.63) is 11.9 Å². The normalized spacial score (nSPS) is 13.8. The van der Waals surface area contributed by atoms with Crippen LogP contribution in [0.15, 0.2) is 6.20 Å². The Balaban J connectivity index is 2.68. The van der Waals surface area contributed by atoms with Crippen LogP contribution in [0.1, 0.15) is 81.4 Å². The molecular formula is C21H41N3OS. The highest BCUT2D eigenvalue weighted by atomic mass is 32.2. The van der Waals surface area contributed by atoms with Crippen LogP contribution in [0.2, 0.25) is 0 Å². The molecule has 5 heteroatoms. The second-order valence-corrected chi connectivity index (χ2v) is 11.4. The molecule has 0 N–H and O–H groups in total. The monoisotopic (exact) mass is 383 g/mol. The largest absolute Gasteiger partial charge is 0.315 e. The van der Waals surface area contributed by atoms with Gasteiger partial charge in [0.1, 0.15) is 0 Å². The van der Waals surface area contributed by atoms with Crippen molar-refractivity contribution in [2.24, 2.45) is 22.7 Å². The number of hydrogen-bond acceptors (Lipinski definition) is 4. The van der Waals surface area contributed by atoms with Crippen molar-refractivity contribution >= 4 is 12.0 Å². The molecule has 0 atom stereocenters. The van der Waals surface area contributed by atoms with Crippen LogP contribution in [-0.2, 0) is 16.1 Å². The van der Waals surface area contributed by atoms with E-state index in [4.69, 9.17) is 4.18 Å². The molecule has 0 radical (unpaired) electrons. The van der Waals surface area contributed by atoms with Crippen molar-refractivity contribution in [1.29, 1.82) is 0 Å². The van der Waals surface area contributed by atoms with Gasteiger partial charge in [0, 0.05) is 22.8 Å². The summed E-state index contributed by atoms with van der Waals surface area (Å²) in [5.74, 6) is 2.32. The van der Waals surface area contributed by atoms with Gasteiger partial charge < -0.3 is 4.18 Å². The highest BCUT2D eigenvalue weighted by Gasteiger charge is 2.34. The third-order valence-electron chi connectivity index (χ3n) is 5.22. The van der Waals surface area contributed by atoms with Crippen molar-refractivity contribution in [2.45, 2.75) is 87.6 Å². The Morgan fingerprint density at radius 3 is 2.23 bits per heavy atom. The second-order valence-electron chi connectivity index (χ2n) is 10.6. The molecule has 0 aliphatic carbocycles. The van der Waals surface area contributed by atoms with Gasteiger partial charge in [-0.25, -0.2) is 0 Å². The molecule has 1 aromatic rings. The summed E-state index contributed by atoms with van der Waals surface area (Å²) >= 11 is 1.57. The topological polar surface area (TPSA) is 39.9 Å². The zero-order chi connectivity index (χ0) is 20.2. The molecule has 0 spiro atoms. The molecule has 4 nitrogen and oxygen atoms in total. The lowest BCUT2D eigenvalue weighted by atomic mass is 9.68. The van der Waals surface area contributed by atoms with E-state index in [9.17, 15) is 0 Å². The zero-order valence-electron chi connectivity index (χ0n) is 18.7. The predicted molar refractivity (Wildman–Crippen MR) is 113 cm³/mol. The summed E-state index contributed by atoms with van der Waals surface area (Å²) in [6.45, 7) is 24.2. The number of aromatic nitrogens is 3. The fraction of sp³-hybridized carbons (Fsp3) is 0.905. The fourth-order valence-corrected chi connectivity index (χ4v) is 3.76. The lowest BCUT2D eigenvalue weighted by molar-refractivity contribution is 0.173. The number of hydrogen-bond donors (Lipinski definition) is 0. The third-order valence-corrected chi connectivity index (χ3v) is 6.30. The molecule has 1 heterocycles. The van der Waals surface area contributed by atoms with Gasteiger partial charge in [0.15, 0.2) is 0 Å². The van der Waals surface area contributed by atoms with E-state index in [1.54, 1.807) is 12.0 Å². The SMILES string of the molecule is CC(C)CSOCC(C)(C)Cn1cc(C(C)(C)CC(C)(C)C(C)C)nn1. The van der Waals surface area contributed by atoms with Crippen LogP contribution < -0.4 is 0 Å². The van der Waals surface area contributed by atoms with Crippen molar-refractivity contribution in [2.75, 3.05) is 12.4 Å². The molecule has 0 unspecified atom stereocenters. The molecule has 0 aromatic carbocycles. The summed E-state index contributed by atoms with van der Waals surface area (Å²) in [5, 5.41) is 8.91. The summed E-state index contributed by atoms with van der Waals surface area (Å²) in [7, 11) is 0. The van der Waals surface area contributed by atoms with Gasteiger partial charge in [-0.1, -0.05) is 74.5 Å². The Kier molecular flexibility index (Phi) is 8.22. The maximum absolute atomic E-state index is 5.80. The van der Waals surface area contributed by atoms with E-state index in [1.807, 2.05) is 4.68 Å². The van der Waals surface area contributed by atoms with Gasteiger partial charge in [-0.2, -0.15) is 0 Å². The van der Waals surface area contributed by atoms with Crippen LogP contribution in [0.4, 0.5) is 0 Å². The van der Waals surface area contributed by atoms with Crippen LogP contribution in [0.5, 0.6) is 0 Å². The summed E-state index contributed by atoms with van der Waals surface area (Å²) in [4.78, 5) is 0. The van der Waals surface area contributed by atoms with E-state index in [2.05, 4.69) is 85.7 Å². The van der Waals surface area contributed by atoms with Crippen LogP contribution in [0.25, 0.3) is 0 Å². The first-order chi connectivity index (χ1) is 11.8. The molecule has 152 valence electrons. The lowest BCUT2D eigenvalue weighted by Gasteiger charge is -2.36. The molecule has 26 heavy (non-hydrogen) atoms. The minimum absolute atomic E-state index is 0.0137. The smallest absolute Gasteiger partial charge is 0.0883 e. The van der Waals surface area contributed by atoms with E-state index in [1.165, 1.54) is 0 Å². The minimum Gasteiger partial charge on any atom is -0.315 e. The first-order valence-electron chi connectivity index (χ1n) is 9.90. The number of nitrogens with zero attached hydrogens (tertiary/aromatic N) is 3. The van der Waals surface area contributed by atoms with E-state index < -0.39 is 0 Å². The average Bonchev–Trinajstić information content (AvgIpc) is 2.91. The summed E-state index contributed by atoms with van der Waals surface area (Å²) < 4.78 is 7.78. The molecule has 0 bridgehead atoms. The van der Waals surface area contributed by atoms with Gasteiger partial charge in [-0.05, 0) is 35.7 Å². The van der Waals surface area contributed by atoms with Crippen LogP contribution in [0.3, 0.4) is 0 Å². The van der Waals surface area contributed by atoms with Crippen molar-refractivity contribution in [3.63, 3.8) is 0 Å². The third kappa shape index (κ3) is 7.59. The van der Waals surface area contributed by atoms with Gasteiger partial charge in [-0.15, -0.1) is 5.10 Å². The Morgan fingerprint density at radius 2 is 1.69 bits per heavy atom. The first kappa shape index (κ1) is 23.5. The van der Waals surface area contributed by atoms with Crippen molar-refractivity contribution in [3.8, 4) is 0 Å². The van der Waals surface area contributed by atoms with Crippen molar-refractivity contribution in [1.82, 2.24) is 15.0 Å². The molecule has 1 rings (SSSR count). The molecule has 1 aromatic heterocycles. The molecular weight excluding hydrogens is 342 g/mol. The molecule has 0 fully saturated rings. The molecule has 0 aliphatic rings. The van der Waals surface area contributed by atoms with E-state index in [0.29, 0.717) is 18.4 Å². The van der Waals surface area contributed by atoms with Crippen LogP contribution in [0, 0.1) is 22.7 Å². The summed E-state index contributed by atoms with van der Waals surface area (Å²) in [6.07, 6.45) is 3.22. The van der Waals surface area contributed by atoms with Gasteiger partial charge in [0.05, 0.1) is 18.8 Å². The van der Waals surface area contributed by atoms with Crippen LogP contribution >= 0.6 is 12.0 Å². The standard InChI is InChI=1S/C21H41N3OS/c1-16(2)12-26-25-15-19(5,6)14-24-11-18(22-23-24)21(9,10)13-20(7,8)17(3)4/h11,16-17H,12-15H2,1-10H3. The minimum atomic E-state index is 0.0137. The highest BCUT2D eigenvalue weighted by Crippen LogP contribution is 2.40. The predicted octanol–water partition coefficient (Wildman–Crippen LogP) is 5.98. The van der Waals surface area contributed by atoms with E-state index in [-0.39, 0.29) is 16.2 Å². The maximum Gasteiger partial charge on any atom is 0.0883 e. The lowest BCUT2D eigenvalue weighted by Crippen LogP contribution is -2.30. The van der Waals surface area contributed by atoms with E-state index >= 15 is 0 Å². The van der Waals surface area contributed by atoms with Gasteiger partial charge >= 0.3 is 0 Å². The Morgan fingerprint density at radius 1 is 1.08 bits per heavy atom. The quantitative estimate of drug-likeness (QED) is 0.348. The zero-order valence-corrected chi connectivity index (χ0v) is 19.5. The Hall–Kier alpha value is -0.550. The highest BCUT2D eigenvalue weighted by molar-refractivity contribution is 7.94. The fourth-order valence-electron chi connectivity index (χ4n) is 2.99. The van der Waals surface area contributed by atoms with Gasteiger partial charge in [-0.3, -0.25) is 4.68 Å². The summed E-state index contributed by atoms with van der Waals surface area (Å²) in [6, 6.07) is 0. The van der Waals surface area contributed by atoms with Gasteiger partial charge in [0.2, 0.25) is 0 Å². The average molecular weight is 384 g/mol. The Labute approximate surface area is 166 Å². The maximum atomic E-state index is 5.80. The molecule has 0 aliphatic heterocycles. The molecule has 0 saturated heterocycles.